The zero-order valence-corrected chi connectivity index (χ0v) is 13.4. The molecular formula is C16H21ClN2O2. The van der Waals surface area contributed by atoms with Gasteiger partial charge in [0, 0.05) is 18.7 Å². The summed E-state index contributed by atoms with van der Waals surface area (Å²) < 4.78 is 13.3. The molecule has 1 aromatic carbocycles. The number of benzene rings is 1. The largest absolute Gasteiger partial charge is 0.497 e. The quantitative estimate of drug-likeness (QED) is 0.801. The maximum absolute atomic E-state index is 6.36. The second kappa shape index (κ2) is 5.85. The van der Waals surface area contributed by atoms with Crippen molar-refractivity contribution in [2.24, 2.45) is 0 Å². The van der Waals surface area contributed by atoms with Crippen LogP contribution < -0.4 is 4.74 Å². The van der Waals surface area contributed by atoms with Crippen LogP contribution in [0, 0.1) is 0 Å². The molecule has 1 fully saturated rings. The number of methoxy groups -OCH3 is 1. The Hall–Kier alpha value is -1.26. The molecule has 1 aliphatic rings. The molecule has 0 radical (unpaired) electrons. The van der Waals surface area contributed by atoms with Gasteiger partial charge in [0.25, 0.3) is 0 Å². The van der Waals surface area contributed by atoms with Crippen LogP contribution in [0.25, 0.3) is 11.0 Å². The predicted octanol–water partition coefficient (Wildman–Crippen LogP) is 4.08. The van der Waals surface area contributed by atoms with Crippen LogP contribution in [0.3, 0.4) is 0 Å². The second-order valence-corrected chi connectivity index (χ2v) is 6.32. The average Bonchev–Trinajstić information content (AvgIpc) is 2.85. The number of nitrogens with zero attached hydrogens (tertiary/aromatic N) is 2. The SMILES string of the molecule is COc1ccc2c(c1)nc(C(C)Cl)n2C1CCOC(C)C1. The number of aromatic nitrogens is 2. The van der Waals surface area contributed by atoms with Crippen LogP contribution in [-0.2, 0) is 4.74 Å². The van der Waals surface area contributed by atoms with E-state index in [9.17, 15) is 0 Å². The normalized spacial score (nSPS) is 24.2. The fourth-order valence-electron chi connectivity index (χ4n) is 3.10. The minimum atomic E-state index is -0.124. The van der Waals surface area contributed by atoms with Crippen molar-refractivity contribution in [2.75, 3.05) is 13.7 Å². The molecule has 3 unspecified atom stereocenters. The topological polar surface area (TPSA) is 36.3 Å². The third-order valence-electron chi connectivity index (χ3n) is 4.10. The van der Waals surface area contributed by atoms with Crippen LogP contribution >= 0.6 is 11.6 Å². The van der Waals surface area contributed by atoms with Crippen molar-refractivity contribution >= 4 is 22.6 Å². The third kappa shape index (κ3) is 2.74. The molecule has 0 amide bonds. The maximum Gasteiger partial charge on any atom is 0.127 e. The molecule has 0 aliphatic carbocycles. The lowest BCUT2D eigenvalue weighted by atomic mass is 10.0. The molecule has 21 heavy (non-hydrogen) atoms. The Labute approximate surface area is 130 Å². The summed E-state index contributed by atoms with van der Waals surface area (Å²) in [7, 11) is 1.67. The van der Waals surface area contributed by atoms with Crippen LogP contribution in [0.4, 0.5) is 0 Å². The van der Waals surface area contributed by atoms with Crippen LogP contribution in [-0.4, -0.2) is 29.4 Å². The molecule has 2 aromatic rings. The molecule has 1 aromatic heterocycles. The zero-order valence-electron chi connectivity index (χ0n) is 12.7. The van der Waals surface area contributed by atoms with Crippen molar-refractivity contribution < 1.29 is 9.47 Å². The highest BCUT2D eigenvalue weighted by atomic mass is 35.5. The summed E-state index contributed by atoms with van der Waals surface area (Å²) in [6.07, 6.45) is 2.27. The number of hydrogen-bond donors (Lipinski definition) is 0. The van der Waals surface area contributed by atoms with Gasteiger partial charge in [0.1, 0.15) is 11.6 Å². The molecule has 0 saturated carbocycles. The lowest BCUT2D eigenvalue weighted by Crippen LogP contribution is -2.26. The van der Waals surface area contributed by atoms with E-state index < -0.39 is 0 Å². The first-order valence-corrected chi connectivity index (χ1v) is 7.85. The summed E-state index contributed by atoms with van der Waals surface area (Å²) in [5, 5.41) is -0.124. The van der Waals surface area contributed by atoms with E-state index >= 15 is 0 Å². The standard InChI is InChI=1S/C16H21ClN2O2/c1-10-8-12(6-7-21-10)19-15-5-4-13(20-3)9-14(15)18-16(19)11(2)17/h4-5,9-12H,6-8H2,1-3H3. The monoisotopic (exact) mass is 308 g/mol. The first-order chi connectivity index (χ1) is 10.1. The van der Waals surface area contributed by atoms with Crippen molar-refractivity contribution in [2.45, 2.75) is 44.2 Å². The summed E-state index contributed by atoms with van der Waals surface area (Å²) in [4.78, 5) is 4.73. The molecule has 5 heteroatoms. The van der Waals surface area contributed by atoms with E-state index in [1.54, 1.807) is 7.11 Å². The minimum Gasteiger partial charge on any atom is -0.497 e. The molecule has 1 saturated heterocycles. The molecule has 0 bridgehead atoms. The van der Waals surface area contributed by atoms with E-state index in [-0.39, 0.29) is 11.5 Å². The number of rotatable bonds is 3. The van der Waals surface area contributed by atoms with Gasteiger partial charge in [-0.15, -0.1) is 11.6 Å². The molecule has 0 spiro atoms. The van der Waals surface area contributed by atoms with E-state index in [1.807, 2.05) is 19.1 Å². The van der Waals surface area contributed by atoms with Crippen molar-refractivity contribution in [1.29, 1.82) is 0 Å². The van der Waals surface area contributed by atoms with Crippen molar-refractivity contribution in [1.82, 2.24) is 9.55 Å². The molecule has 2 heterocycles. The third-order valence-corrected chi connectivity index (χ3v) is 4.30. The van der Waals surface area contributed by atoms with Gasteiger partial charge >= 0.3 is 0 Å². The number of hydrogen-bond acceptors (Lipinski definition) is 3. The Morgan fingerprint density at radius 3 is 2.95 bits per heavy atom. The fourth-order valence-corrected chi connectivity index (χ4v) is 3.25. The Kier molecular flexibility index (Phi) is 4.09. The first kappa shape index (κ1) is 14.7. The van der Waals surface area contributed by atoms with Gasteiger partial charge in [0.2, 0.25) is 0 Å². The minimum absolute atomic E-state index is 0.124. The zero-order chi connectivity index (χ0) is 15.0. The van der Waals surface area contributed by atoms with Gasteiger partial charge < -0.3 is 14.0 Å². The van der Waals surface area contributed by atoms with Gasteiger partial charge in [0.15, 0.2) is 0 Å². The summed E-state index contributed by atoms with van der Waals surface area (Å²) in [6, 6.07) is 6.41. The molecule has 3 rings (SSSR count). The number of alkyl halides is 1. The fraction of sp³-hybridized carbons (Fsp3) is 0.562. The van der Waals surface area contributed by atoms with Crippen LogP contribution in [0.5, 0.6) is 5.75 Å². The summed E-state index contributed by atoms with van der Waals surface area (Å²) >= 11 is 6.36. The molecule has 114 valence electrons. The van der Waals surface area contributed by atoms with Crippen LogP contribution in [0.1, 0.15) is 43.9 Å². The highest BCUT2D eigenvalue weighted by molar-refractivity contribution is 6.20. The number of ether oxygens (including phenoxy) is 2. The summed E-state index contributed by atoms with van der Waals surface area (Å²) in [6.45, 7) is 4.88. The highest BCUT2D eigenvalue weighted by Crippen LogP contribution is 2.34. The smallest absolute Gasteiger partial charge is 0.127 e. The van der Waals surface area contributed by atoms with E-state index in [2.05, 4.69) is 17.6 Å². The van der Waals surface area contributed by atoms with Gasteiger partial charge in [-0.05, 0) is 38.8 Å². The number of imidazole rings is 1. The van der Waals surface area contributed by atoms with Crippen molar-refractivity contribution in [3.8, 4) is 5.75 Å². The van der Waals surface area contributed by atoms with Gasteiger partial charge in [0.05, 0.1) is 29.6 Å². The van der Waals surface area contributed by atoms with Crippen LogP contribution in [0.15, 0.2) is 18.2 Å². The maximum atomic E-state index is 6.36. The van der Waals surface area contributed by atoms with Gasteiger partial charge in [-0.3, -0.25) is 0 Å². The van der Waals surface area contributed by atoms with Crippen LogP contribution in [0.2, 0.25) is 0 Å². The first-order valence-electron chi connectivity index (χ1n) is 7.41. The number of halogens is 1. The molecule has 3 atom stereocenters. The Balaban J connectivity index is 2.11. The van der Waals surface area contributed by atoms with E-state index in [0.717, 1.165) is 42.1 Å². The van der Waals surface area contributed by atoms with Gasteiger partial charge in [-0.25, -0.2) is 4.98 Å². The van der Waals surface area contributed by atoms with E-state index in [0.29, 0.717) is 6.04 Å². The molecular weight excluding hydrogens is 288 g/mol. The Morgan fingerprint density at radius 2 is 2.29 bits per heavy atom. The Morgan fingerprint density at radius 1 is 1.48 bits per heavy atom. The van der Waals surface area contributed by atoms with Crippen molar-refractivity contribution in [3.63, 3.8) is 0 Å². The average molecular weight is 309 g/mol. The van der Waals surface area contributed by atoms with Gasteiger partial charge in [-0.1, -0.05) is 0 Å². The van der Waals surface area contributed by atoms with Crippen molar-refractivity contribution in [3.05, 3.63) is 24.0 Å². The van der Waals surface area contributed by atoms with Gasteiger partial charge in [-0.2, -0.15) is 0 Å². The molecule has 1 aliphatic heterocycles. The summed E-state index contributed by atoms with van der Waals surface area (Å²) in [5.41, 5.74) is 2.06. The predicted molar refractivity (Wildman–Crippen MR) is 84.2 cm³/mol. The number of fused-ring (bicyclic) bond motifs is 1. The summed E-state index contributed by atoms with van der Waals surface area (Å²) in [5.74, 6) is 1.75. The molecule has 0 N–H and O–H groups in total. The van der Waals surface area contributed by atoms with E-state index in [1.165, 1.54) is 0 Å². The molecule has 4 nitrogen and oxygen atoms in total. The highest BCUT2D eigenvalue weighted by Gasteiger charge is 2.26. The lowest BCUT2D eigenvalue weighted by molar-refractivity contribution is 0.00621. The Bertz CT molecular complexity index is 638. The van der Waals surface area contributed by atoms with E-state index in [4.69, 9.17) is 26.1 Å². The second-order valence-electron chi connectivity index (χ2n) is 5.67. The lowest BCUT2D eigenvalue weighted by Gasteiger charge is -2.30.